The maximum Gasteiger partial charge on any atom is 0.239 e. The van der Waals surface area contributed by atoms with Gasteiger partial charge in [0, 0.05) is 51.3 Å². The normalized spacial score (nSPS) is 15.6. The van der Waals surface area contributed by atoms with Gasteiger partial charge in [-0.15, -0.1) is 0 Å². The van der Waals surface area contributed by atoms with Gasteiger partial charge in [-0.1, -0.05) is 55.5 Å². The van der Waals surface area contributed by atoms with E-state index in [1.165, 1.54) is 5.69 Å². The monoisotopic (exact) mass is 394 g/mol. The Balaban J connectivity index is 1.31. The number of hydrazine groups is 1. The average molecular weight is 395 g/mol. The predicted octanol–water partition coefficient (Wildman–Crippen LogP) is 2.54. The minimum atomic E-state index is -0.175. The Hall–Kier alpha value is -2.86. The summed E-state index contributed by atoms with van der Waals surface area (Å²) in [4.78, 5) is 28.8. The van der Waals surface area contributed by atoms with Gasteiger partial charge in [0.2, 0.25) is 11.8 Å². The molecule has 154 valence electrons. The third-order valence-corrected chi connectivity index (χ3v) is 5.35. The zero-order valence-corrected chi connectivity index (χ0v) is 17.0. The molecule has 2 aromatic carbocycles. The molecule has 1 aliphatic rings. The molecule has 1 unspecified atom stereocenters. The first kappa shape index (κ1) is 20.9. The van der Waals surface area contributed by atoms with Crippen molar-refractivity contribution in [2.45, 2.75) is 25.7 Å². The lowest BCUT2D eigenvalue weighted by atomic mass is 9.98. The van der Waals surface area contributed by atoms with Crippen molar-refractivity contribution >= 4 is 17.5 Å². The lowest BCUT2D eigenvalue weighted by Crippen LogP contribution is -2.48. The molecule has 1 saturated heterocycles. The van der Waals surface area contributed by atoms with E-state index >= 15 is 0 Å². The minimum absolute atomic E-state index is 0.106. The van der Waals surface area contributed by atoms with Crippen LogP contribution in [0.1, 0.15) is 31.2 Å². The Morgan fingerprint density at radius 3 is 2.10 bits per heavy atom. The van der Waals surface area contributed by atoms with Gasteiger partial charge in [0.05, 0.1) is 0 Å². The van der Waals surface area contributed by atoms with E-state index in [9.17, 15) is 9.59 Å². The molecule has 2 amide bonds. The van der Waals surface area contributed by atoms with E-state index in [-0.39, 0.29) is 17.7 Å². The van der Waals surface area contributed by atoms with Crippen molar-refractivity contribution in [2.24, 2.45) is 0 Å². The number of benzene rings is 2. The fourth-order valence-electron chi connectivity index (χ4n) is 3.56. The van der Waals surface area contributed by atoms with Crippen LogP contribution in [0.15, 0.2) is 60.7 Å². The van der Waals surface area contributed by atoms with Crippen LogP contribution in [0, 0.1) is 0 Å². The van der Waals surface area contributed by atoms with Gasteiger partial charge in [-0.05, 0) is 23.6 Å². The number of hydrogen-bond acceptors (Lipinski definition) is 4. The van der Waals surface area contributed by atoms with Crippen molar-refractivity contribution in [1.82, 2.24) is 15.8 Å². The fourth-order valence-corrected chi connectivity index (χ4v) is 3.56. The SMILES string of the molecule is CC(CC(=O)NNC(=O)CCN1CCN(c2ccccc2)CC1)c1ccccc1. The highest BCUT2D eigenvalue weighted by Gasteiger charge is 2.18. The molecule has 2 N–H and O–H groups in total. The van der Waals surface area contributed by atoms with E-state index in [1.54, 1.807) is 0 Å². The molecule has 2 aromatic rings. The summed E-state index contributed by atoms with van der Waals surface area (Å²) in [6, 6.07) is 20.3. The molecule has 6 nitrogen and oxygen atoms in total. The molecule has 6 heteroatoms. The molecular weight excluding hydrogens is 364 g/mol. The van der Waals surface area contributed by atoms with Crippen LogP contribution in [-0.2, 0) is 9.59 Å². The number of rotatable bonds is 7. The number of para-hydroxylation sites is 1. The largest absolute Gasteiger partial charge is 0.369 e. The van der Waals surface area contributed by atoms with Crippen molar-refractivity contribution in [2.75, 3.05) is 37.6 Å². The molecule has 0 aliphatic carbocycles. The van der Waals surface area contributed by atoms with Crippen molar-refractivity contribution in [3.63, 3.8) is 0 Å². The Morgan fingerprint density at radius 1 is 0.862 bits per heavy atom. The van der Waals surface area contributed by atoms with E-state index in [0.29, 0.717) is 19.4 Å². The molecule has 29 heavy (non-hydrogen) atoms. The van der Waals surface area contributed by atoms with Gasteiger partial charge in [0.25, 0.3) is 0 Å². The van der Waals surface area contributed by atoms with Gasteiger partial charge in [-0.25, -0.2) is 0 Å². The summed E-state index contributed by atoms with van der Waals surface area (Å²) in [6.45, 7) is 6.49. The lowest BCUT2D eigenvalue weighted by Gasteiger charge is -2.36. The number of nitrogens with one attached hydrogen (secondary N) is 2. The molecule has 1 heterocycles. The second-order valence-electron chi connectivity index (χ2n) is 7.53. The molecule has 0 aromatic heterocycles. The molecule has 1 fully saturated rings. The summed E-state index contributed by atoms with van der Waals surface area (Å²) >= 11 is 0. The highest BCUT2D eigenvalue weighted by atomic mass is 16.2. The topological polar surface area (TPSA) is 64.7 Å². The molecule has 0 saturated carbocycles. The Morgan fingerprint density at radius 2 is 1.45 bits per heavy atom. The van der Waals surface area contributed by atoms with Gasteiger partial charge < -0.3 is 4.90 Å². The third-order valence-electron chi connectivity index (χ3n) is 5.35. The first-order valence-corrected chi connectivity index (χ1v) is 10.3. The fraction of sp³-hybridized carbons (Fsp3) is 0.391. The second-order valence-corrected chi connectivity index (χ2v) is 7.53. The van der Waals surface area contributed by atoms with Crippen molar-refractivity contribution in [3.8, 4) is 0 Å². The van der Waals surface area contributed by atoms with E-state index in [4.69, 9.17) is 0 Å². The van der Waals surface area contributed by atoms with Crippen LogP contribution in [0.5, 0.6) is 0 Å². The number of piperazine rings is 1. The zero-order valence-electron chi connectivity index (χ0n) is 17.0. The Bertz CT molecular complexity index is 774. The number of nitrogens with zero attached hydrogens (tertiary/aromatic N) is 2. The first-order chi connectivity index (χ1) is 14.1. The van der Waals surface area contributed by atoms with E-state index in [1.807, 2.05) is 43.3 Å². The van der Waals surface area contributed by atoms with Crippen molar-refractivity contribution in [3.05, 3.63) is 66.2 Å². The molecule has 0 bridgehead atoms. The average Bonchev–Trinajstić information content (AvgIpc) is 2.78. The van der Waals surface area contributed by atoms with Gasteiger partial charge in [0.15, 0.2) is 0 Å². The number of amides is 2. The molecule has 0 spiro atoms. The quantitative estimate of drug-likeness (QED) is 0.709. The second kappa shape index (κ2) is 10.6. The number of carbonyl (C=O) groups excluding carboxylic acids is 2. The minimum Gasteiger partial charge on any atom is -0.369 e. The summed E-state index contributed by atoms with van der Waals surface area (Å²) in [7, 11) is 0. The van der Waals surface area contributed by atoms with Crippen molar-refractivity contribution < 1.29 is 9.59 Å². The summed E-state index contributed by atoms with van der Waals surface area (Å²) in [6.07, 6.45) is 0.714. The first-order valence-electron chi connectivity index (χ1n) is 10.3. The number of hydrogen-bond donors (Lipinski definition) is 2. The molecule has 0 radical (unpaired) electrons. The highest BCUT2D eigenvalue weighted by molar-refractivity contribution is 5.82. The maximum atomic E-state index is 12.1. The van der Waals surface area contributed by atoms with Crippen molar-refractivity contribution in [1.29, 1.82) is 0 Å². The zero-order chi connectivity index (χ0) is 20.5. The van der Waals surface area contributed by atoms with Crippen LogP contribution in [0.2, 0.25) is 0 Å². The van der Waals surface area contributed by atoms with Crippen LogP contribution in [0.4, 0.5) is 5.69 Å². The van der Waals surface area contributed by atoms with Crippen LogP contribution in [0.3, 0.4) is 0 Å². The predicted molar refractivity (Wildman–Crippen MR) is 115 cm³/mol. The molecule has 1 aliphatic heterocycles. The van der Waals surface area contributed by atoms with Gasteiger partial charge >= 0.3 is 0 Å². The molecule has 3 rings (SSSR count). The standard InChI is InChI=1S/C23H30N4O2/c1-19(20-8-4-2-5-9-20)18-23(29)25-24-22(28)12-13-26-14-16-27(17-15-26)21-10-6-3-7-11-21/h2-11,19H,12-18H2,1H3,(H,24,28)(H,25,29). The molecule has 1 atom stereocenters. The smallest absolute Gasteiger partial charge is 0.239 e. The number of anilines is 1. The summed E-state index contributed by atoms with van der Waals surface area (Å²) < 4.78 is 0. The third kappa shape index (κ3) is 6.61. The summed E-state index contributed by atoms with van der Waals surface area (Å²) in [5.74, 6) is -0.226. The Kier molecular flexibility index (Phi) is 7.64. The van der Waals surface area contributed by atoms with Crippen LogP contribution in [-0.4, -0.2) is 49.4 Å². The van der Waals surface area contributed by atoms with E-state index in [0.717, 1.165) is 31.7 Å². The Labute approximate surface area is 172 Å². The molecular formula is C23H30N4O2. The van der Waals surface area contributed by atoms with Crippen LogP contribution >= 0.6 is 0 Å². The van der Waals surface area contributed by atoms with Crippen LogP contribution < -0.4 is 15.8 Å². The van der Waals surface area contributed by atoms with E-state index < -0.39 is 0 Å². The van der Waals surface area contributed by atoms with Gasteiger partial charge in [-0.2, -0.15) is 0 Å². The lowest BCUT2D eigenvalue weighted by molar-refractivity contribution is -0.129. The van der Waals surface area contributed by atoms with Crippen LogP contribution in [0.25, 0.3) is 0 Å². The van der Waals surface area contributed by atoms with Gasteiger partial charge in [-0.3, -0.25) is 25.3 Å². The maximum absolute atomic E-state index is 12.1. The van der Waals surface area contributed by atoms with E-state index in [2.05, 4.69) is 44.9 Å². The number of carbonyl (C=O) groups is 2. The summed E-state index contributed by atoms with van der Waals surface area (Å²) in [5, 5.41) is 0. The summed E-state index contributed by atoms with van der Waals surface area (Å²) in [5.41, 5.74) is 7.43. The van der Waals surface area contributed by atoms with Gasteiger partial charge in [0.1, 0.15) is 0 Å². The highest BCUT2D eigenvalue weighted by Crippen LogP contribution is 2.18.